The lowest BCUT2D eigenvalue weighted by molar-refractivity contribution is -0.113. The molecule has 38 heavy (non-hydrogen) atoms. The van der Waals surface area contributed by atoms with Crippen molar-refractivity contribution in [3.63, 3.8) is 0 Å². The first-order chi connectivity index (χ1) is 18.1. The average Bonchev–Trinajstić information content (AvgIpc) is 3.27. The van der Waals surface area contributed by atoms with Gasteiger partial charge in [-0.05, 0) is 119 Å². The van der Waals surface area contributed by atoms with E-state index in [1.807, 2.05) is 19.1 Å². The number of likely N-dealkylation sites (N-methyl/N-ethyl adjacent to an activating group) is 1. The first-order valence-corrected chi connectivity index (χ1v) is 15.8. The molecule has 0 aromatic heterocycles. The summed E-state index contributed by atoms with van der Waals surface area (Å²) in [6.45, 7) is 24.6. The van der Waals surface area contributed by atoms with Crippen LogP contribution in [0.5, 0.6) is 0 Å². The smallest absolute Gasteiger partial charge is 0.0230 e. The molecule has 0 aromatic rings. The molecule has 4 fully saturated rings. The van der Waals surface area contributed by atoms with Gasteiger partial charge >= 0.3 is 0 Å². The fourth-order valence-corrected chi connectivity index (χ4v) is 9.16. The minimum atomic E-state index is 0.457. The largest absolute Gasteiger partial charge is 0.333 e. The molecular weight excluding hydrogens is 466 g/mol. The van der Waals surface area contributed by atoms with Crippen LogP contribution in [0.15, 0.2) is 13.2 Å². The van der Waals surface area contributed by atoms with Crippen molar-refractivity contribution in [2.45, 2.75) is 99.3 Å². The van der Waals surface area contributed by atoms with Crippen molar-refractivity contribution >= 4 is 5.71 Å². The van der Waals surface area contributed by atoms with Crippen LogP contribution in [0.2, 0.25) is 0 Å². The minimum Gasteiger partial charge on any atom is -0.333 e. The molecule has 5 nitrogen and oxygen atoms in total. The Morgan fingerprint density at radius 3 is 2.05 bits per heavy atom. The van der Waals surface area contributed by atoms with Crippen molar-refractivity contribution in [2.24, 2.45) is 52.1 Å². The van der Waals surface area contributed by atoms with Crippen molar-refractivity contribution < 1.29 is 0 Å². The second-order valence-electron chi connectivity index (χ2n) is 13.2. The number of hydrogen-bond donors (Lipinski definition) is 3. The summed E-state index contributed by atoms with van der Waals surface area (Å²) in [5.74, 6) is 5.46. The van der Waals surface area contributed by atoms with E-state index in [2.05, 4.69) is 70.8 Å². The summed E-state index contributed by atoms with van der Waals surface area (Å²) < 4.78 is 0. The molecule has 0 aliphatic heterocycles. The zero-order chi connectivity index (χ0) is 29.1. The van der Waals surface area contributed by atoms with Crippen LogP contribution >= 0.6 is 0 Å². The Morgan fingerprint density at radius 2 is 1.50 bits per heavy atom. The molecule has 0 heterocycles. The van der Waals surface area contributed by atoms with E-state index < -0.39 is 0 Å². The summed E-state index contributed by atoms with van der Waals surface area (Å²) in [6.07, 6.45) is 13.1. The summed E-state index contributed by atoms with van der Waals surface area (Å²) in [7, 11) is 5.53. The summed E-state index contributed by atoms with van der Waals surface area (Å²) >= 11 is 0. The number of nitrogens with one attached hydrogen (secondary N) is 2. The number of rotatable bonds is 7. The molecule has 0 aromatic carbocycles. The van der Waals surface area contributed by atoms with Gasteiger partial charge in [-0.15, -0.1) is 13.2 Å². The van der Waals surface area contributed by atoms with Gasteiger partial charge in [0, 0.05) is 38.8 Å². The summed E-state index contributed by atoms with van der Waals surface area (Å²) in [6, 6.07) is 0. The standard InChI is InChI=1S/C22H37N.C8H21N3.C2H4.CH5N/c1-14-9-11-21(3)16(13-14)5-6-17-19-8-7-18(15(2)23)22(19,4)12-10-20(17)21;1-5-11(6-2)8-7-9-10(3)4;2*1-2/h14,16-20,23H,5-13H2,1-4H3;9H,5-8H2,1-4H3;1-2H2;2H2,1H3. The van der Waals surface area contributed by atoms with Crippen molar-refractivity contribution in [1.82, 2.24) is 15.3 Å². The van der Waals surface area contributed by atoms with E-state index >= 15 is 0 Å². The van der Waals surface area contributed by atoms with E-state index in [0.29, 0.717) is 16.7 Å². The van der Waals surface area contributed by atoms with Crippen molar-refractivity contribution in [1.29, 1.82) is 5.41 Å². The Kier molecular flexibility index (Phi) is 15.3. The highest BCUT2D eigenvalue weighted by molar-refractivity contribution is 5.82. The molecule has 5 heteroatoms. The highest BCUT2D eigenvalue weighted by Gasteiger charge is 2.60. The van der Waals surface area contributed by atoms with Gasteiger partial charge in [-0.2, -0.15) is 0 Å². The van der Waals surface area contributed by atoms with Crippen molar-refractivity contribution in [3.05, 3.63) is 13.2 Å². The Morgan fingerprint density at radius 1 is 0.921 bits per heavy atom. The highest BCUT2D eigenvalue weighted by Crippen LogP contribution is 2.67. The maximum Gasteiger partial charge on any atom is 0.0230 e. The molecule has 0 spiro atoms. The maximum absolute atomic E-state index is 8.28. The number of hydrazine groups is 1. The van der Waals surface area contributed by atoms with E-state index in [1.165, 1.54) is 64.8 Å². The number of hydrogen-bond acceptors (Lipinski definition) is 5. The van der Waals surface area contributed by atoms with Crippen LogP contribution in [0.1, 0.15) is 99.3 Å². The molecule has 224 valence electrons. The SMILES string of the molecule is C=C.CC(=N)C1CCC2C3CCC4CC(C)CCC4(C)C3CCC12C.CCN(CC)CCNN(C)C.CN. The Bertz CT molecular complexity index is 676. The van der Waals surface area contributed by atoms with Gasteiger partial charge in [-0.3, -0.25) is 10.4 Å². The van der Waals surface area contributed by atoms with Crippen LogP contribution in [-0.2, 0) is 0 Å². The normalized spacial score (nSPS) is 37.3. The second kappa shape index (κ2) is 16.5. The minimum absolute atomic E-state index is 0.457. The van der Waals surface area contributed by atoms with E-state index in [4.69, 9.17) is 5.41 Å². The van der Waals surface area contributed by atoms with Gasteiger partial charge in [0.05, 0.1) is 0 Å². The predicted octanol–water partition coefficient (Wildman–Crippen LogP) is 7.09. The van der Waals surface area contributed by atoms with Crippen LogP contribution in [0.25, 0.3) is 0 Å². The van der Waals surface area contributed by atoms with Gasteiger partial charge in [0.25, 0.3) is 0 Å². The third-order valence-electron chi connectivity index (χ3n) is 11.2. The lowest BCUT2D eigenvalue weighted by atomic mass is 9.44. The highest BCUT2D eigenvalue weighted by atomic mass is 15.5. The molecule has 8 unspecified atom stereocenters. The molecular formula is C33H67N5. The lowest BCUT2D eigenvalue weighted by Gasteiger charge is -2.61. The fraction of sp³-hybridized carbons (Fsp3) is 0.909. The fourth-order valence-electron chi connectivity index (χ4n) is 9.16. The van der Waals surface area contributed by atoms with E-state index in [-0.39, 0.29) is 0 Å². The first kappa shape index (κ1) is 35.3. The zero-order valence-electron chi connectivity index (χ0n) is 27.0. The van der Waals surface area contributed by atoms with Crippen LogP contribution < -0.4 is 11.2 Å². The van der Waals surface area contributed by atoms with Gasteiger partial charge in [0.15, 0.2) is 0 Å². The van der Waals surface area contributed by atoms with Crippen LogP contribution in [0.3, 0.4) is 0 Å². The first-order valence-electron chi connectivity index (χ1n) is 15.8. The number of fused-ring (bicyclic) bond motifs is 5. The molecule has 0 amide bonds. The number of nitrogens with zero attached hydrogens (tertiary/aromatic N) is 2. The van der Waals surface area contributed by atoms with Gasteiger partial charge in [-0.25, -0.2) is 0 Å². The van der Waals surface area contributed by atoms with E-state index in [0.717, 1.165) is 61.5 Å². The monoisotopic (exact) mass is 534 g/mol. The Labute approximate surface area is 238 Å². The molecule has 4 aliphatic carbocycles. The topological polar surface area (TPSA) is 68.4 Å². The van der Waals surface area contributed by atoms with E-state index in [1.54, 1.807) is 0 Å². The molecule has 4 saturated carbocycles. The summed E-state index contributed by atoms with van der Waals surface area (Å²) in [5.41, 5.74) is 9.81. The molecule has 4 N–H and O–H groups in total. The molecule has 4 aliphatic rings. The van der Waals surface area contributed by atoms with Crippen LogP contribution in [-0.4, -0.2) is 62.9 Å². The molecule has 8 atom stereocenters. The molecule has 0 radical (unpaired) electrons. The summed E-state index contributed by atoms with van der Waals surface area (Å²) in [4.78, 5) is 2.40. The Hall–Kier alpha value is -0.750. The lowest BCUT2D eigenvalue weighted by Crippen LogP contribution is -2.53. The van der Waals surface area contributed by atoms with Gasteiger partial charge < -0.3 is 16.0 Å². The Balaban J connectivity index is 0.000000410. The molecule has 0 saturated heterocycles. The van der Waals surface area contributed by atoms with E-state index in [9.17, 15) is 0 Å². The quantitative estimate of drug-likeness (QED) is 0.186. The van der Waals surface area contributed by atoms with Crippen molar-refractivity contribution in [2.75, 3.05) is 47.3 Å². The molecule has 0 bridgehead atoms. The van der Waals surface area contributed by atoms with Gasteiger partial charge in [0.1, 0.15) is 0 Å². The zero-order valence-corrected chi connectivity index (χ0v) is 27.0. The predicted molar refractivity (Wildman–Crippen MR) is 169 cm³/mol. The molecule has 4 rings (SSSR count). The third-order valence-corrected chi connectivity index (χ3v) is 11.2. The third kappa shape index (κ3) is 8.15. The number of nitrogens with two attached hydrogens (primary N) is 1. The van der Waals surface area contributed by atoms with Crippen LogP contribution in [0.4, 0.5) is 0 Å². The van der Waals surface area contributed by atoms with Crippen LogP contribution in [0, 0.1) is 51.7 Å². The average molecular weight is 534 g/mol. The second-order valence-corrected chi connectivity index (χ2v) is 13.2. The van der Waals surface area contributed by atoms with Crippen molar-refractivity contribution in [3.8, 4) is 0 Å². The van der Waals surface area contributed by atoms with Gasteiger partial charge in [0.2, 0.25) is 0 Å². The van der Waals surface area contributed by atoms with Gasteiger partial charge in [-0.1, -0.05) is 41.0 Å². The maximum atomic E-state index is 8.28. The summed E-state index contributed by atoms with van der Waals surface area (Å²) in [5, 5.41) is 10.3.